The monoisotopic (exact) mass is 1360 g/mol. The number of aromatic nitrogens is 4. The normalized spacial score (nSPS) is 16.7. The highest BCUT2D eigenvalue weighted by Gasteiger charge is 2.31. The Balaban J connectivity index is 0.000000309. The smallest absolute Gasteiger partial charge is 0.410 e. The zero-order chi connectivity index (χ0) is 69.0. The van der Waals surface area contributed by atoms with Gasteiger partial charge in [0.05, 0.1) is 5.56 Å². The Bertz CT molecular complexity index is 3360. The number of pyridine rings is 4. The molecule has 4 saturated heterocycles. The van der Waals surface area contributed by atoms with Crippen LogP contribution in [0.1, 0.15) is 127 Å². The molecule has 4 fully saturated rings. The number of carboxylic acids is 1. The van der Waals surface area contributed by atoms with Gasteiger partial charge in [0.15, 0.2) is 0 Å². The van der Waals surface area contributed by atoms with Gasteiger partial charge in [-0.05, 0) is 252 Å². The lowest BCUT2D eigenvalue weighted by Gasteiger charge is -2.24. The number of ether oxygens (including phenoxy) is 2. The van der Waals surface area contributed by atoms with Gasteiger partial charge in [0.25, 0.3) is 5.91 Å². The van der Waals surface area contributed by atoms with E-state index in [1.807, 2.05) is 90.7 Å². The number of carbonyl (C=O) groups excluding carboxylic acids is 5. The molecule has 96 heavy (non-hydrogen) atoms. The molecule has 10 rings (SSSR count). The van der Waals surface area contributed by atoms with E-state index in [-0.39, 0.29) is 66.3 Å². The largest absolute Gasteiger partial charge is 0.478 e. The van der Waals surface area contributed by atoms with Gasteiger partial charge in [-0.15, -0.1) is 24.8 Å². The standard InChI is InChI=1S/C21H23N3O2.C16H24N2O2.C11H16N2.C10H9NO3.C9H18N2O2.C6H6FN.2ClH/c1-3-20(25)23-18-8-5-17(6-9-18)21(26)24-11-10-16(14-24)12-19-7-4-15(2)13-22-19;1-12-5-6-14(17-10-12)9-13-7-8-18(11-13)15(19)20-16(2,3)4;1-9-2-3-11(13-7-9)6-10-4-5-12-8-10;1-2-9(12)11-8-5-3-7(4-6-8)10(13)14;1-9(2,3)13-8(12)11-5-4-7(10)6-11;1-5-2-3-6(7)8-4-5;;/h3-9,13,16H,1,10-12,14H2,2H3,(H,23,25);5-6,10,13H,7-9,11H2,1-4H3;2-3,7,10,12H,4-6,8H2,1H3;2-6H,1H2,(H,11,12)(H,13,14);7H,4-6,10H2,1-3H3;2-4H,1H3;2*1H/t16-;13-;10-;;7-;;;/m000.1.../s1. The van der Waals surface area contributed by atoms with Crippen molar-refractivity contribution < 1.29 is 47.7 Å². The molecule has 6 aromatic rings. The van der Waals surface area contributed by atoms with Crippen LogP contribution in [0.15, 0.2) is 147 Å². The number of nitrogens with two attached hydrogens (primary N) is 1. The van der Waals surface area contributed by atoms with Crippen molar-refractivity contribution >= 4 is 72.1 Å². The lowest BCUT2D eigenvalue weighted by Crippen LogP contribution is -2.36. The lowest BCUT2D eigenvalue weighted by molar-refractivity contribution is -0.112. The van der Waals surface area contributed by atoms with Crippen LogP contribution in [-0.4, -0.2) is 145 Å². The maximum absolute atomic E-state index is 12.7. The number of aryl methyl sites for hydroxylation is 4. The summed E-state index contributed by atoms with van der Waals surface area (Å²) in [7, 11) is 0. The van der Waals surface area contributed by atoms with Gasteiger partial charge in [0.1, 0.15) is 11.2 Å². The van der Waals surface area contributed by atoms with Crippen LogP contribution in [-0.2, 0) is 38.3 Å². The van der Waals surface area contributed by atoms with Gasteiger partial charge in [-0.2, -0.15) is 4.39 Å². The third-order valence-corrected chi connectivity index (χ3v) is 15.0. The van der Waals surface area contributed by atoms with Gasteiger partial charge in [-0.25, -0.2) is 19.4 Å². The third kappa shape index (κ3) is 31.3. The average molecular weight is 1360 g/mol. The molecule has 0 radical (unpaired) electrons. The maximum atomic E-state index is 12.7. The minimum absolute atomic E-state index is 0. The molecule has 20 nitrogen and oxygen atoms in total. The fourth-order valence-electron chi connectivity index (χ4n) is 10.00. The first-order valence-corrected chi connectivity index (χ1v) is 31.9. The van der Waals surface area contributed by atoms with E-state index in [0.717, 1.165) is 112 Å². The molecule has 4 aromatic heterocycles. The van der Waals surface area contributed by atoms with Gasteiger partial charge in [0, 0.05) is 104 Å². The van der Waals surface area contributed by atoms with E-state index in [4.69, 9.17) is 20.3 Å². The molecule has 6 N–H and O–H groups in total. The lowest BCUT2D eigenvalue weighted by atomic mass is 10.0. The number of carboxylic acid groups (broad SMARTS) is 1. The fourth-order valence-corrected chi connectivity index (χ4v) is 10.00. The second-order valence-electron chi connectivity index (χ2n) is 25.9. The van der Waals surface area contributed by atoms with Gasteiger partial charge >= 0.3 is 18.2 Å². The number of benzene rings is 2. The van der Waals surface area contributed by atoms with Crippen LogP contribution >= 0.6 is 24.8 Å². The van der Waals surface area contributed by atoms with Crippen LogP contribution in [0.3, 0.4) is 0 Å². The number of nitrogens with one attached hydrogen (secondary N) is 3. The highest BCUT2D eigenvalue weighted by Crippen LogP contribution is 2.25. The second-order valence-corrected chi connectivity index (χ2v) is 25.9. The van der Waals surface area contributed by atoms with Crippen molar-refractivity contribution in [3.8, 4) is 0 Å². The number of halogens is 3. The second kappa shape index (κ2) is 40.7. The fraction of sp³-hybridized carbons (Fsp3) is 0.425. The van der Waals surface area contributed by atoms with E-state index in [1.54, 1.807) is 35.2 Å². The SMILES string of the molecule is C=CC(=O)Nc1ccc(C(=O)N2CC[C@@H](Cc3ccc(C)cn3)C2)cc1.C=CC(=O)Nc1ccc(C(=O)O)cc1.CC(C)(C)OC(=O)N1CC[C@@H](N)C1.Cc1ccc(C[C@@H]2CCN(C(=O)OC(C)(C)C)C2)nc1.Cc1ccc(C[C@@H]2CCNC2)nc1.Cc1ccc(F)nc1.Cl.Cl. The van der Waals surface area contributed by atoms with Gasteiger partial charge < -0.3 is 51.0 Å². The van der Waals surface area contributed by atoms with Crippen molar-refractivity contribution in [2.75, 3.05) is 63.0 Å². The molecule has 4 aliphatic heterocycles. The van der Waals surface area contributed by atoms with Crippen LogP contribution in [0.5, 0.6) is 0 Å². The number of rotatable bonds is 12. The predicted octanol–water partition coefficient (Wildman–Crippen LogP) is 12.8. The minimum atomic E-state index is -0.994. The molecule has 4 aliphatic rings. The first-order valence-electron chi connectivity index (χ1n) is 31.9. The van der Waals surface area contributed by atoms with Crippen molar-refractivity contribution in [3.63, 3.8) is 0 Å². The van der Waals surface area contributed by atoms with Crippen LogP contribution < -0.4 is 21.7 Å². The number of hydrogen-bond acceptors (Lipinski definition) is 14. The van der Waals surface area contributed by atoms with Crippen LogP contribution in [0, 0.1) is 51.4 Å². The van der Waals surface area contributed by atoms with Crippen molar-refractivity contribution in [1.29, 1.82) is 0 Å². The van der Waals surface area contributed by atoms with E-state index < -0.39 is 23.1 Å². The Morgan fingerprint density at radius 3 is 1.28 bits per heavy atom. The number of amides is 5. The minimum Gasteiger partial charge on any atom is -0.478 e. The molecule has 0 bridgehead atoms. The summed E-state index contributed by atoms with van der Waals surface area (Å²) in [6.07, 6.45) is 16.3. The number of anilines is 2. The Kier molecular flexibility index (Phi) is 34.6. The summed E-state index contributed by atoms with van der Waals surface area (Å²) in [5.74, 6) is -0.245. The molecule has 23 heteroatoms. The molecule has 520 valence electrons. The maximum Gasteiger partial charge on any atom is 0.410 e. The van der Waals surface area contributed by atoms with E-state index >= 15 is 0 Å². The number of hydrogen-bond donors (Lipinski definition) is 5. The number of likely N-dealkylation sites (tertiary alicyclic amines) is 3. The quantitative estimate of drug-likeness (QED) is 0.0563. The van der Waals surface area contributed by atoms with E-state index in [1.165, 1.54) is 72.4 Å². The van der Waals surface area contributed by atoms with Crippen LogP contribution in [0.2, 0.25) is 0 Å². The third-order valence-electron chi connectivity index (χ3n) is 15.0. The van der Waals surface area contributed by atoms with Crippen molar-refractivity contribution in [2.24, 2.45) is 23.5 Å². The summed E-state index contributed by atoms with van der Waals surface area (Å²) in [6.45, 7) is 32.8. The molecular weight excluding hydrogens is 1260 g/mol. The Hall–Kier alpha value is -8.63. The molecule has 0 unspecified atom stereocenters. The zero-order valence-corrected chi connectivity index (χ0v) is 58.8. The molecule has 4 atom stereocenters. The van der Waals surface area contributed by atoms with Crippen molar-refractivity contribution in [1.82, 2.24) is 40.0 Å². The summed E-state index contributed by atoms with van der Waals surface area (Å²) in [5.41, 5.74) is 14.8. The van der Waals surface area contributed by atoms with E-state index in [0.29, 0.717) is 35.3 Å². The molecule has 2 aromatic carbocycles. The molecule has 0 aliphatic carbocycles. The molecule has 8 heterocycles. The van der Waals surface area contributed by atoms with E-state index in [2.05, 4.69) is 92.4 Å². The Morgan fingerprint density at radius 1 is 0.552 bits per heavy atom. The first kappa shape index (κ1) is 81.6. The van der Waals surface area contributed by atoms with Crippen LogP contribution in [0.25, 0.3) is 0 Å². The summed E-state index contributed by atoms with van der Waals surface area (Å²) in [5, 5.41) is 17.2. The number of carbonyl (C=O) groups is 6. The average Bonchev–Trinajstić information content (AvgIpc) is 1.73. The summed E-state index contributed by atoms with van der Waals surface area (Å²) >= 11 is 0. The Morgan fingerprint density at radius 2 is 0.938 bits per heavy atom. The molecule has 0 saturated carbocycles. The van der Waals surface area contributed by atoms with Gasteiger partial charge in [-0.1, -0.05) is 37.4 Å². The molecule has 0 spiro atoms. The zero-order valence-electron chi connectivity index (χ0n) is 57.1. The highest BCUT2D eigenvalue weighted by molar-refractivity contribution is 6.00. The highest BCUT2D eigenvalue weighted by atomic mass is 35.5. The van der Waals surface area contributed by atoms with E-state index in [9.17, 15) is 33.2 Å². The Labute approximate surface area is 578 Å². The number of aromatic carboxylic acids is 1. The first-order chi connectivity index (χ1) is 44.5. The molecular formula is C73H98Cl2FN11O9. The summed E-state index contributed by atoms with van der Waals surface area (Å²) in [4.78, 5) is 90.9. The summed E-state index contributed by atoms with van der Waals surface area (Å²) < 4.78 is 22.6. The molecule has 5 amide bonds. The predicted molar refractivity (Wildman–Crippen MR) is 380 cm³/mol. The van der Waals surface area contributed by atoms with Gasteiger partial charge in [0.2, 0.25) is 17.8 Å². The van der Waals surface area contributed by atoms with Crippen molar-refractivity contribution in [3.05, 3.63) is 204 Å². The van der Waals surface area contributed by atoms with Crippen LogP contribution in [0.4, 0.5) is 25.4 Å². The topological polar surface area (TPSA) is 264 Å². The number of nitrogens with zero attached hydrogens (tertiary/aromatic N) is 7. The summed E-state index contributed by atoms with van der Waals surface area (Å²) in [6, 6.07) is 28.6. The van der Waals surface area contributed by atoms with Gasteiger partial charge in [-0.3, -0.25) is 29.3 Å². The van der Waals surface area contributed by atoms with Crippen molar-refractivity contribution in [2.45, 2.75) is 131 Å².